The Labute approximate surface area is 164 Å². The van der Waals surface area contributed by atoms with Gasteiger partial charge in [-0.15, -0.1) is 0 Å². The number of benzene rings is 1. The summed E-state index contributed by atoms with van der Waals surface area (Å²) in [5.74, 6) is 0.0614. The molecule has 1 atom stereocenters. The molecule has 6 nitrogen and oxygen atoms in total. The molecule has 2 aliphatic rings. The van der Waals surface area contributed by atoms with Crippen LogP contribution in [0.25, 0.3) is 5.57 Å². The van der Waals surface area contributed by atoms with Crippen molar-refractivity contribution in [2.75, 3.05) is 6.54 Å². The minimum Gasteiger partial charge on any atom is -0.387 e. The van der Waals surface area contributed by atoms with E-state index in [-0.39, 0.29) is 18.1 Å². The van der Waals surface area contributed by atoms with Crippen molar-refractivity contribution >= 4 is 17.3 Å². The fraction of sp³-hybridized carbons (Fsp3) is 0.409. The molecule has 1 aliphatic heterocycles. The molecular formula is C22H25N3O3. The number of carbonyl (C=O) groups excluding carboxylic acids is 2. The average Bonchev–Trinajstić information content (AvgIpc) is 3.31. The van der Waals surface area contributed by atoms with E-state index in [9.17, 15) is 14.7 Å². The van der Waals surface area contributed by atoms with Gasteiger partial charge in [0.15, 0.2) is 5.78 Å². The summed E-state index contributed by atoms with van der Waals surface area (Å²) in [5.41, 5.74) is 4.29. The van der Waals surface area contributed by atoms with Crippen LogP contribution in [-0.4, -0.2) is 38.0 Å². The fourth-order valence-corrected chi connectivity index (χ4v) is 4.01. The maximum atomic E-state index is 12.9. The van der Waals surface area contributed by atoms with Crippen LogP contribution in [0.5, 0.6) is 0 Å². The highest BCUT2D eigenvalue weighted by Gasteiger charge is 2.29. The maximum absolute atomic E-state index is 12.9. The van der Waals surface area contributed by atoms with E-state index in [2.05, 4.69) is 5.10 Å². The number of ketones is 1. The molecule has 1 aliphatic carbocycles. The highest BCUT2D eigenvalue weighted by molar-refractivity contribution is 6.10. The van der Waals surface area contributed by atoms with Gasteiger partial charge < -0.3 is 10.0 Å². The second kappa shape index (κ2) is 7.72. The number of aliphatic hydroxyl groups excluding tert-OH is 1. The number of amides is 1. The topological polar surface area (TPSA) is 75.4 Å². The molecule has 0 radical (unpaired) electrons. The van der Waals surface area contributed by atoms with Crippen LogP contribution in [0, 0.1) is 0 Å². The lowest BCUT2D eigenvalue weighted by Gasteiger charge is -2.28. The van der Waals surface area contributed by atoms with Crippen LogP contribution >= 0.6 is 0 Å². The molecule has 0 fully saturated rings. The van der Waals surface area contributed by atoms with Crippen LogP contribution in [0.1, 0.15) is 55.7 Å². The predicted molar refractivity (Wildman–Crippen MR) is 105 cm³/mol. The van der Waals surface area contributed by atoms with Crippen molar-refractivity contribution < 1.29 is 14.7 Å². The number of fused-ring (bicyclic) bond motifs is 1. The second-order valence-corrected chi connectivity index (χ2v) is 7.45. The lowest BCUT2D eigenvalue weighted by atomic mass is 9.99. The number of aromatic nitrogens is 2. The Kier molecular flexibility index (Phi) is 5.13. The minimum absolute atomic E-state index is 0.0243. The molecule has 146 valence electrons. The van der Waals surface area contributed by atoms with Crippen LogP contribution in [-0.2, 0) is 22.7 Å². The van der Waals surface area contributed by atoms with Gasteiger partial charge in [-0.2, -0.15) is 5.10 Å². The first-order chi connectivity index (χ1) is 13.6. The number of aliphatic hydroxyl groups is 1. The molecule has 2 aromatic rings. The Bertz CT molecular complexity index is 930. The largest absolute Gasteiger partial charge is 0.387 e. The molecule has 1 N–H and O–H groups in total. The van der Waals surface area contributed by atoms with Crippen molar-refractivity contribution in [3.8, 4) is 0 Å². The molecule has 28 heavy (non-hydrogen) atoms. The van der Waals surface area contributed by atoms with E-state index in [1.54, 1.807) is 4.90 Å². The SMILES string of the molecule is CCC(O)c1cc2n(n1)CCN(C(=O)CC1=C(c3ccccc3)CCC1=O)C2. The Morgan fingerprint density at radius 3 is 2.75 bits per heavy atom. The zero-order valence-corrected chi connectivity index (χ0v) is 16.1. The first-order valence-corrected chi connectivity index (χ1v) is 9.90. The molecule has 0 bridgehead atoms. The Hall–Kier alpha value is -2.73. The van der Waals surface area contributed by atoms with Gasteiger partial charge >= 0.3 is 0 Å². The molecule has 1 aromatic heterocycles. The van der Waals surface area contributed by atoms with Crippen LogP contribution in [0.4, 0.5) is 0 Å². The molecule has 0 spiro atoms. The number of Topliss-reactive ketones (excluding diaryl/α,β-unsaturated/α-hetero) is 1. The smallest absolute Gasteiger partial charge is 0.227 e. The summed E-state index contributed by atoms with van der Waals surface area (Å²) in [5, 5.41) is 14.5. The highest BCUT2D eigenvalue weighted by Crippen LogP contribution is 2.34. The van der Waals surface area contributed by atoms with Gasteiger partial charge in [-0.3, -0.25) is 14.3 Å². The molecule has 1 amide bonds. The van der Waals surface area contributed by atoms with Gasteiger partial charge in [-0.1, -0.05) is 37.3 Å². The van der Waals surface area contributed by atoms with E-state index in [0.29, 0.717) is 50.2 Å². The third-order valence-corrected chi connectivity index (χ3v) is 5.65. The van der Waals surface area contributed by atoms with E-state index < -0.39 is 6.10 Å². The van der Waals surface area contributed by atoms with Gasteiger partial charge in [-0.05, 0) is 30.0 Å². The summed E-state index contributed by atoms with van der Waals surface area (Å²) in [6, 6.07) is 11.7. The average molecular weight is 379 g/mol. The van der Waals surface area contributed by atoms with Gasteiger partial charge in [0.2, 0.25) is 5.91 Å². The fourth-order valence-electron chi connectivity index (χ4n) is 4.01. The van der Waals surface area contributed by atoms with Crippen molar-refractivity contribution in [3.63, 3.8) is 0 Å². The number of hydrogen-bond acceptors (Lipinski definition) is 4. The standard InChI is InChI=1S/C22H25N3O3/c1-2-20(26)19-12-16-14-24(10-11-25(16)23-19)22(28)13-18-17(8-9-21(18)27)15-6-4-3-5-7-15/h3-7,12,20,26H,2,8-11,13-14H2,1H3. The van der Waals surface area contributed by atoms with Crippen LogP contribution in [0.2, 0.25) is 0 Å². The highest BCUT2D eigenvalue weighted by atomic mass is 16.3. The summed E-state index contributed by atoms with van der Waals surface area (Å²) in [7, 11) is 0. The summed E-state index contributed by atoms with van der Waals surface area (Å²) in [6.45, 7) is 3.55. The summed E-state index contributed by atoms with van der Waals surface area (Å²) in [6.07, 6.45) is 1.38. The second-order valence-electron chi connectivity index (χ2n) is 7.45. The Balaban J connectivity index is 1.51. The van der Waals surface area contributed by atoms with E-state index in [1.165, 1.54) is 0 Å². The van der Waals surface area contributed by atoms with Gasteiger partial charge in [0, 0.05) is 18.5 Å². The molecule has 1 unspecified atom stereocenters. The van der Waals surface area contributed by atoms with Crippen molar-refractivity contribution in [2.45, 2.75) is 51.8 Å². The molecular weight excluding hydrogens is 354 g/mol. The minimum atomic E-state index is -0.572. The number of nitrogens with zero attached hydrogens (tertiary/aromatic N) is 3. The zero-order chi connectivity index (χ0) is 19.7. The summed E-state index contributed by atoms with van der Waals surface area (Å²) < 4.78 is 1.87. The maximum Gasteiger partial charge on any atom is 0.227 e. The monoisotopic (exact) mass is 379 g/mol. The molecule has 4 rings (SSSR count). The van der Waals surface area contributed by atoms with Gasteiger partial charge in [0.05, 0.1) is 37.0 Å². The summed E-state index contributed by atoms with van der Waals surface area (Å²) in [4.78, 5) is 27.2. The number of rotatable bonds is 5. The van der Waals surface area contributed by atoms with E-state index in [1.807, 2.05) is 48.0 Å². The number of carbonyl (C=O) groups is 2. The quantitative estimate of drug-likeness (QED) is 0.867. The molecule has 0 saturated carbocycles. The third kappa shape index (κ3) is 3.52. The van der Waals surface area contributed by atoms with E-state index >= 15 is 0 Å². The lowest BCUT2D eigenvalue weighted by molar-refractivity contribution is -0.132. The zero-order valence-electron chi connectivity index (χ0n) is 16.1. The van der Waals surface area contributed by atoms with Crippen molar-refractivity contribution in [3.05, 3.63) is 58.9 Å². The Morgan fingerprint density at radius 1 is 1.21 bits per heavy atom. The van der Waals surface area contributed by atoms with Crippen molar-refractivity contribution in [1.82, 2.24) is 14.7 Å². The van der Waals surface area contributed by atoms with E-state index in [0.717, 1.165) is 16.8 Å². The molecule has 1 aromatic carbocycles. The van der Waals surface area contributed by atoms with Gasteiger partial charge in [0.1, 0.15) is 0 Å². The van der Waals surface area contributed by atoms with Crippen LogP contribution < -0.4 is 0 Å². The number of hydrogen-bond donors (Lipinski definition) is 1. The number of allylic oxidation sites excluding steroid dienone is 1. The molecule has 0 saturated heterocycles. The van der Waals surface area contributed by atoms with Gasteiger partial charge in [0.25, 0.3) is 0 Å². The lowest BCUT2D eigenvalue weighted by Crippen LogP contribution is -2.38. The first-order valence-electron chi connectivity index (χ1n) is 9.90. The van der Waals surface area contributed by atoms with Gasteiger partial charge in [-0.25, -0.2) is 0 Å². The van der Waals surface area contributed by atoms with Crippen molar-refractivity contribution in [1.29, 1.82) is 0 Å². The third-order valence-electron chi connectivity index (χ3n) is 5.65. The van der Waals surface area contributed by atoms with E-state index in [4.69, 9.17) is 0 Å². The van der Waals surface area contributed by atoms with Crippen molar-refractivity contribution in [2.24, 2.45) is 0 Å². The summed E-state index contributed by atoms with van der Waals surface area (Å²) >= 11 is 0. The van der Waals surface area contributed by atoms with Crippen LogP contribution in [0.15, 0.2) is 42.0 Å². The van der Waals surface area contributed by atoms with Crippen LogP contribution in [0.3, 0.4) is 0 Å². The normalized spacial score (nSPS) is 17.8. The Morgan fingerprint density at radius 2 is 2.00 bits per heavy atom. The first kappa shape index (κ1) is 18.6. The molecule has 6 heteroatoms. The predicted octanol–water partition coefficient (Wildman–Crippen LogP) is 2.88. The molecule has 2 heterocycles.